The first-order chi connectivity index (χ1) is 9.29. The van der Waals surface area contributed by atoms with Crippen molar-refractivity contribution >= 4 is 5.82 Å². The summed E-state index contributed by atoms with van der Waals surface area (Å²) >= 11 is 0. The first kappa shape index (κ1) is 13.4. The van der Waals surface area contributed by atoms with Gasteiger partial charge in [-0.1, -0.05) is 30.3 Å². The number of pyridine rings is 1. The second kappa shape index (κ2) is 6.75. The molecule has 0 saturated heterocycles. The molecular formula is C15H18N2O2. The van der Waals surface area contributed by atoms with Crippen LogP contribution in [0.25, 0.3) is 0 Å². The molecule has 2 aromatic rings. The van der Waals surface area contributed by atoms with Gasteiger partial charge < -0.3 is 15.2 Å². The van der Waals surface area contributed by atoms with Crippen LogP contribution in [0, 0.1) is 0 Å². The summed E-state index contributed by atoms with van der Waals surface area (Å²) in [4.78, 5) is 4.23. The van der Waals surface area contributed by atoms with E-state index in [1.165, 1.54) is 0 Å². The second-order valence-corrected chi connectivity index (χ2v) is 4.35. The maximum Gasteiger partial charge on any atom is 0.169 e. The fraction of sp³-hybridized carbons (Fsp3) is 0.267. The summed E-state index contributed by atoms with van der Waals surface area (Å²) in [6, 6.07) is 13.6. The van der Waals surface area contributed by atoms with Gasteiger partial charge in [-0.15, -0.1) is 0 Å². The highest BCUT2D eigenvalue weighted by Gasteiger charge is 2.07. The lowest BCUT2D eigenvalue weighted by molar-refractivity contribution is 0.279. The third-order valence-corrected chi connectivity index (χ3v) is 2.66. The van der Waals surface area contributed by atoms with Crippen LogP contribution >= 0.6 is 0 Å². The van der Waals surface area contributed by atoms with Crippen LogP contribution in [0.1, 0.15) is 12.5 Å². The lowest BCUT2D eigenvalue weighted by atomic mass is 10.2. The largest absolute Gasteiger partial charge is 0.485 e. The smallest absolute Gasteiger partial charge is 0.169 e. The van der Waals surface area contributed by atoms with Crippen molar-refractivity contribution in [2.24, 2.45) is 0 Å². The molecule has 4 nitrogen and oxygen atoms in total. The monoisotopic (exact) mass is 258 g/mol. The number of anilines is 1. The Morgan fingerprint density at radius 2 is 2.00 bits per heavy atom. The first-order valence-corrected chi connectivity index (χ1v) is 6.28. The number of hydrogen-bond acceptors (Lipinski definition) is 4. The topological polar surface area (TPSA) is 54.4 Å². The highest BCUT2D eigenvalue weighted by atomic mass is 16.5. The fourth-order valence-electron chi connectivity index (χ4n) is 1.63. The molecule has 0 spiro atoms. The van der Waals surface area contributed by atoms with Crippen LogP contribution in [0.2, 0.25) is 0 Å². The molecule has 0 amide bonds. The number of aliphatic hydroxyl groups excluding tert-OH is 1. The molecule has 1 aromatic carbocycles. The molecule has 100 valence electrons. The van der Waals surface area contributed by atoms with Crippen LogP contribution in [0.5, 0.6) is 5.75 Å². The molecule has 0 unspecified atom stereocenters. The van der Waals surface area contributed by atoms with E-state index in [9.17, 15) is 0 Å². The Labute approximate surface area is 113 Å². The molecule has 1 atom stereocenters. The lowest BCUT2D eigenvalue weighted by Crippen LogP contribution is -2.20. The molecule has 0 aliphatic rings. The first-order valence-electron chi connectivity index (χ1n) is 6.28. The van der Waals surface area contributed by atoms with Crippen molar-refractivity contribution in [3.63, 3.8) is 0 Å². The molecular weight excluding hydrogens is 240 g/mol. The van der Waals surface area contributed by atoms with E-state index in [2.05, 4.69) is 10.3 Å². The summed E-state index contributed by atoms with van der Waals surface area (Å²) in [7, 11) is 0. The van der Waals surface area contributed by atoms with E-state index < -0.39 is 0 Å². The average Bonchev–Trinajstić information content (AvgIpc) is 2.47. The Balaban J connectivity index is 2.03. The van der Waals surface area contributed by atoms with Gasteiger partial charge in [0.05, 0.1) is 6.61 Å². The summed E-state index contributed by atoms with van der Waals surface area (Å²) < 4.78 is 5.76. The van der Waals surface area contributed by atoms with Gasteiger partial charge in [0.15, 0.2) is 11.6 Å². The van der Waals surface area contributed by atoms with Gasteiger partial charge in [0.25, 0.3) is 0 Å². The summed E-state index contributed by atoms with van der Waals surface area (Å²) in [6.07, 6.45) is 1.70. The Kier molecular flexibility index (Phi) is 4.75. The summed E-state index contributed by atoms with van der Waals surface area (Å²) in [6.45, 7) is 2.43. The zero-order valence-corrected chi connectivity index (χ0v) is 10.9. The Morgan fingerprint density at radius 3 is 2.74 bits per heavy atom. The number of ether oxygens (including phenoxy) is 1. The van der Waals surface area contributed by atoms with E-state index in [1.807, 2.05) is 49.4 Å². The highest BCUT2D eigenvalue weighted by Crippen LogP contribution is 2.22. The maximum absolute atomic E-state index is 9.06. The number of nitrogens with one attached hydrogen (secondary N) is 1. The average molecular weight is 258 g/mol. The van der Waals surface area contributed by atoms with Crippen LogP contribution in [-0.4, -0.2) is 22.7 Å². The molecule has 0 fully saturated rings. The molecule has 0 saturated carbocycles. The zero-order valence-electron chi connectivity index (χ0n) is 10.9. The molecule has 2 N–H and O–H groups in total. The van der Waals surface area contributed by atoms with E-state index >= 15 is 0 Å². The molecule has 0 radical (unpaired) electrons. The van der Waals surface area contributed by atoms with Crippen molar-refractivity contribution in [3.05, 3.63) is 54.2 Å². The lowest BCUT2D eigenvalue weighted by Gasteiger charge is -2.15. The van der Waals surface area contributed by atoms with Crippen molar-refractivity contribution < 1.29 is 9.84 Å². The summed E-state index contributed by atoms with van der Waals surface area (Å²) in [5.41, 5.74) is 1.10. The SMILES string of the molecule is C[C@@H](CO)Nc1ncccc1OCc1ccccc1. The van der Waals surface area contributed by atoms with Gasteiger partial charge in [-0.3, -0.25) is 0 Å². The summed E-state index contributed by atoms with van der Waals surface area (Å²) in [5.74, 6) is 1.34. The Morgan fingerprint density at radius 1 is 1.21 bits per heavy atom. The van der Waals surface area contributed by atoms with Gasteiger partial charge in [0.1, 0.15) is 6.61 Å². The minimum Gasteiger partial charge on any atom is -0.485 e. The van der Waals surface area contributed by atoms with E-state index in [4.69, 9.17) is 9.84 Å². The third-order valence-electron chi connectivity index (χ3n) is 2.66. The predicted molar refractivity (Wildman–Crippen MR) is 75.2 cm³/mol. The van der Waals surface area contributed by atoms with Gasteiger partial charge >= 0.3 is 0 Å². The Hall–Kier alpha value is -2.07. The van der Waals surface area contributed by atoms with Gasteiger partial charge in [0.2, 0.25) is 0 Å². The zero-order chi connectivity index (χ0) is 13.5. The normalized spacial score (nSPS) is 11.9. The van der Waals surface area contributed by atoms with Gasteiger partial charge in [-0.25, -0.2) is 4.98 Å². The van der Waals surface area contributed by atoms with Crippen LogP contribution in [0.4, 0.5) is 5.82 Å². The quantitative estimate of drug-likeness (QED) is 0.835. The molecule has 4 heteroatoms. The fourth-order valence-corrected chi connectivity index (χ4v) is 1.63. The maximum atomic E-state index is 9.06. The third kappa shape index (κ3) is 3.96. The van der Waals surface area contributed by atoms with Crippen LogP contribution in [-0.2, 0) is 6.61 Å². The number of aliphatic hydroxyl groups is 1. The van der Waals surface area contributed by atoms with Crippen LogP contribution < -0.4 is 10.1 Å². The molecule has 0 aliphatic heterocycles. The minimum atomic E-state index is -0.0611. The van der Waals surface area contributed by atoms with Crippen molar-refractivity contribution in [3.8, 4) is 5.75 Å². The number of aromatic nitrogens is 1. The summed E-state index contributed by atoms with van der Waals surface area (Å²) in [5, 5.41) is 12.2. The molecule has 1 heterocycles. The number of hydrogen-bond donors (Lipinski definition) is 2. The van der Waals surface area contributed by atoms with E-state index in [1.54, 1.807) is 6.20 Å². The standard InChI is InChI=1S/C15H18N2O2/c1-12(10-18)17-15-14(8-5-9-16-15)19-11-13-6-3-2-4-7-13/h2-9,12,18H,10-11H2,1H3,(H,16,17)/t12-/m0/s1. The van der Waals surface area contributed by atoms with Crippen LogP contribution in [0.15, 0.2) is 48.7 Å². The number of benzene rings is 1. The second-order valence-electron chi connectivity index (χ2n) is 4.35. The predicted octanol–water partition coefficient (Wildman–Crippen LogP) is 2.45. The highest BCUT2D eigenvalue weighted by molar-refractivity contribution is 5.50. The molecule has 1 aromatic heterocycles. The van der Waals surface area contributed by atoms with E-state index in [-0.39, 0.29) is 12.6 Å². The van der Waals surface area contributed by atoms with Gasteiger partial charge in [-0.2, -0.15) is 0 Å². The van der Waals surface area contributed by atoms with Crippen molar-refractivity contribution in [1.82, 2.24) is 4.98 Å². The molecule has 0 bridgehead atoms. The van der Waals surface area contributed by atoms with Gasteiger partial charge in [0, 0.05) is 12.2 Å². The molecule has 19 heavy (non-hydrogen) atoms. The van der Waals surface area contributed by atoms with E-state index in [0.717, 1.165) is 5.56 Å². The van der Waals surface area contributed by atoms with E-state index in [0.29, 0.717) is 18.2 Å². The Bertz CT molecular complexity index is 503. The van der Waals surface area contributed by atoms with Crippen molar-refractivity contribution in [2.75, 3.05) is 11.9 Å². The number of nitrogens with zero attached hydrogens (tertiary/aromatic N) is 1. The number of rotatable bonds is 6. The van der Waals surface area contributed by atoms with Crippen LogP contribution in [0.3, 0.4) is 0 Å². The van der Waals surface area contributed by atoms with Gasteiger partial charge in [-0.05, 0) is 24.6 Å². The van der Waals surface area contributed by atoms with Crippen molar-refractivity contribution in [2.45, 2.75) is 19.6 Å². The van der Waals surface area contributed by atoms with Crippen molar-refractivity contribution in [1.29, 1.82) is 0 Å². The molecule has 0 aliphatic carbocycles. The minimum absolute atomic E-state index is 0.0503. The molecule has 2 rings (SSSR count).